The lowest BCUT2D eigenvalue weighted by molar-refractivity contribution is 0.0756. The van der Waals surface area contributed by atoms with Crippen molar-refractivity contribution in [2.45, 2.75) is 45.8 Å². The van der Waals surface area contributed by atoms with E-state index in [1.165, 1.54) is 6.42 Å². The first-order valence-corrected chi connectivity index (χ1v) is 6.61. The first-order valence-electron chi connectivity index (χ1n) is 6.61. The zero-order valence-electron chi connectivity index (χ0n) is 11.0. The summed E-state index contributed by atoms with van der Waals surface area (Å²) in [5, 5.41) is 3.35. The molecule has 1 saturated carbocycles. The topological polar surface area (TPSA) is 34.4 Å². The number of nitrogens with one attached hydrogen (secondary N) is 1. The van der Waals surface area contributed by atoms with Gasteiger partial charge in [0.1, 0.15) is 11.5 Å². The van der Waals surface area contributed by atoms with Crippen LogP contribution in [0.2, 0.25) is 0 Å². The van der Waals surface area contributed by atoms with E-state index in [-0.39, 0.29) is 6.10 Å². The van der Waals surface area contributed by atoms with Crippen LogP contribution in [0.15, 0.2) is 16.5 Å². The summed E-state index contributed by atoms with van der Waals surface area (Å²) >= 11 is 0. The average Bonchev–Trinajstić information content (AvgIpc) is 2.84. The van der Waals surface area contributed by atoms with E-state index in [4.69, 9.17) is 9.15 Å². The molecule has 1 fully saturated rings. The maximum atomic E-state index is 5.82. The van der Waals surface area contributed by atoms with Crippen LogP contribution in [-0.4, -0.2) is 19.3 Å². The Morgan fingerprint density at radius 3 is 2.94 bits per heavy atom. The molecule has 0 saturated heterocycles. The zero-order chi connectivity index (χ0) is 12.3. The predicted octanol–water partition coefficient (Wildman–Crippen LogP) is 2.92. The Bertz CT molecular complexity index is 348. The number of ether oxygens (including phenoxy) is 1. The fourth-order valence-electron chi connectivity index (χ4n) is 2.15. The lowest BCUT2D eigenvalue weighted by Crippen LogP contribution is -2.26. The molecule has 0 bridgehead atoms. The molecule has 1 aromatic heterocycles. The molecule has 17 heavy (non-hydrogen) atoms. The van der Waals surface area contributed by atoms with Crippen molar-refractivity contribution in [2.24, 2.45) is 5.92 Å². The van der Waals surface area contributed by atoms with E-state index in [0.29, 0.717) is 5.92 Å². The third kappa shape index (κ3) is 3.58. The minimum atomic E-state index is 0.262. The molecular formula is C14H23NO2. The Labute approximate surface area is 104 Å². The van der Waals surface area contributed by atoms with Crippen molar-refractivity contribution in [3.8, 4) is 0 Å². The molecule has 0 aromatic carbocycles. The summed E-state index contributed by atoms with van der Waals surface area (Å²) < 4.78 is 11.3. The van der Waals surface area contributed by atoms with Crippen LogP contribution in [0.3, 0.4) is 0 Å². The molecule has 3 heteroatoms. The van der Waals surface area contributed by atoms with E-state index in [1.807, 2.05) is 6.92 Å². The second-order valence-electron chi connectivity index (χ2n) is 5.02. The third-order valence-electron chi connectivity index (χ3n) is 3.34. The average molecular weight is 237 g/mol. The van der Waals surface area contributed by atoms with Crippen LogP contribution in [0.4, 0.5) is 0 Å². The van der Waals surface area contributed by atoms with E-state index in [1.54, 1.807) is 0 Å². The number of furan rings is 1. The van der Waals surface area contributed by atoms with Crippen molar-refractivity contribution >= 4 is 0 Å². The van der Waals surface area contributed by atoms with Crippen LogP contribution in [0, 0.1) is 5.92 Å². The second-order valence-corrected chi connectivity index (χ2v) is 5.02. The summed E-state index contributed by atoms with van der Waals surface area (Å²) in [5.74, 6) is 3.67. The molecule has 0 aliphatic heterocycles. The highest BCUT2D eigenvalue weighted by molar-refractivity contribution is 5.17. The first kappa shape index (κ1) is 12.7. The molecule has 1 N–H and O–H groups in total. The fourth-order valence-corrected chi connectivity index (χ4v) is 2.15. The van der Waals surface area contributed by atoms with Gasteiger partial charge in [-0.25, -0.2) is 0 Å². The van der Waals surface area contributed by atoms with Crippen LogP contribution in [0.1, 0.15) is 44.6 Å². The fraction of sp³-hybridized carbons (Fsp3) is 0.714. The standard InChI is InChI=1S/C14H23NO2/c1-4-16-11(3)8-15-9-12-5-6-14(17-12)13-7-10(13)2/h5-6,10-11,13,15H,4,7-9H2,1-3H3. The van der Waals surface area contributed by atoms with Gasteiger partial charge in [-0.15, -0.1) is 0 Å². The largest absolute Gasteiger partial charge is 0.464 e. The summed E-state index contributed by atoms with van der Waals surface area (Å²) in [4.78, 5) is 0. The number of hydrogen-bond donors (Lipinski definition) is 1. The van der Waals surface area contributed by atoms with E-state index in [9.17, 15) is 0 Å². The monoisotopic (exact) mass is 237 g/mol. The summed E-state index contributed by atoms with van der Waals surface area (Å²) in [6.07, 6.45) is 1.54. The van der Waals surface area contributed by atoms with Gasteiger partial charge in [-0.1, -0.05) is 6.92 Å². The van der Waals surface area contributed by atoms with Crippen molar-refractivity contribution in [3.63, 3.8) is 0 Å². The van der Waals surface area contributed by atoms with Crippen LogP contribution < -0.4 is 5.32 Å². The van der Waals surface area contributed by atoms with Crippen molar-refractivity contribution in [1.82, 2.24) is 5.32 Å². The van der Waals surface area contributed by atoms with Gasteiger partial charge in [0.05, 0.1) is 12.6 Å². The molecule has 96 valence electrons. The molecule has 1 aliphatic rings. The van der Waals surface area contributed by atoms with Crippen LogP contribution in [0.5, 0.6) is 0 Å². The highest BCUT2D eigenvalue weighted by Gasteiger charge is 2.36. The predicted molar refractivity (Wildman–Crippen MR) is 68.0 cm³/mol. The molecule has 0 amide bonds. The van der Waals surface area contributed by atoms with E-state index in [0.717, 1.165) is 37.1 Å². The SMILES string of the molecule is CCOC(C)CNCc1ccc(C2CC2C)o1. The summed E-state index contributed by atoms with van der Waals surface area (Å²) in [5.41, 5.74) is 0. The van der Waals surface area contributed by atoms with Gasteiger partial charge in [0.15, 0.2) is 0 Å². The summed E-state index contributed by atoms with van der Waals surface area (Å²) in [6, 6.07) is 4.20. The normalized spacial score (nSPS) is 24.9. The Balaban J connectivity index is 1.70. The maximum Gasteiger partial charge on any atom is 0.117 e. The van der Waals surface area contributed by atoms with Crippen LogP contribution in [-0.2, 0) is 11.3 Å². The lowest BCUT2D eigenvalue weighted by Gasteiger charge is -2.11. The molecule has 1 heterocycles. The minimum absolute atomic E-state index is 0.262. The Hall–Kier alpha value is -0.800. The summed E-state index contributed by atoms with van der Waals surface area (Å²) in [7, 11) is 0. The van der Waals surface area contributed by atoms with Gasteiger partial charge in [-0.2, -0.15) is 0 Å². The van der Waals surface area contributed by atoms with Crippen molar-refractivity contribution < 1.29 is 9.15 Å². The molecule has 3 atom stereocenters. The van der Waals surface area contributed by atoms with Crippen molar-refractivity contribution in [3.05, 3.63) is 23.7 Å². The highest BCUT2D eigenvalue weighted by atomic mass is 16.5. The van der Waals surface area contributed by atoms with Crippen molar-refractivity contribution in [1.29, 1.82) is 0 Å². The maximum absolute atomic E-state index is 5.82. The Morgan fingerprint density at radius 1 is 1.53 bits per heavy atom. The van der Waals surface area contributed by atoms with Gasteiger partial charge in [0.25, 0.3) is 0 Å². The third-order valence-corrected chi connectivity index (χ3v) is 3.34. The molecule has 0 radical (unpaired) electrons. The van der Waals surface area contributed by atoms with E-state index in [2.05, 4.69) is 31.3 Å². The first-order chi connectivity index (χ1) is 8.20. The van der Waals surface area contributed by atoms with Gasteiger partial charge in [-0.3, -0.25) is 0 Å². The van der Waals surface area contributed by atoms with Gasteiger partial charge >= 0.3 is 0 Å². The Morgan fingerprint density at radius 2 is 2.29 bits per heavy atom. The highest BCUT2D eigenvalue weighted by Crippen LogP contribution is 2.47. The molecule has 3 nitrogen and oxygen atoms in total. The zero-order valence-corrected chi connectivity index (χ0v) is 11.0. The Kier molecular flexibility index (Phi) is 4.24. The second kappa shape index (κ2) is 5.69. The molecule has 2 rings (SSSR count). The van der Waals surface area contributed by atoms with Crippen LogP contribution in [0.25, 0.3) is 0 Å². The molecule has 0 spiro atoms. The smallest absolute Gasteiger partial charge is 0.117 e. The molecule has 1 aromatic rings. The van der Waals surface area contributed by atoms with Crippen molar-refractivity contribution in [2.75, 3.05) is 13.2 Å². The molecular weight excluding hydrogens is 214 g/mol. The van der Waals surface area contributed by atoms with E-state index < -0.39 is 0 Å². The van der Waals surface area contributed by atoms with Gasteiger partial charge in [-0.05, 0) is 38.3 Å². The number of hydrogen-bond acceptors (Lipinski definition) is 3. The van der Waals surface area contributed by atoms with Gasteiger partial charge in [0, 0.05) is 19.1 Å². The van der Waals surface area contributed by atoms with Crippen LogP contribution >= 0.6 is 0 Å². The van der Waals surface area contributed by atoms with Gasteiger partial charge in [0.2, 0.25) is 0 Å². The van der Waals surface area contributed by atoms with Gasteiger partial charge < -0.3 is 14.5 Å². The quantitative estimate of drug-likeness (QED) is 0.791. The minimum Gasteiger partial charge on any atom is -0.464 e. The number of rotatable bonds is 7. The van der Waals surface area contributed by atoms with E-state index >= 15 is 0 Å². The summed E-state index contributed by atoms with van der Waals surface area (Å²) in [6.45, 7) is 8.80. The molecule has 3 unspecified atom stereocenters. The molecule has 1 aliphatic carbocycles. The lowest BCUT2D eigenvalue weighted by atomic mass is 10.3.